The van der Waals surface area contributed by atoms with E-state index in [-0.39, 0.29) is 6.42 Å². The molecule has 0 aliphatic heterocycles. The van der Waals surface area contributed by atoms with E-state index in [2.05, 4.69) is 5.32 Å². The fourth-order valence-electron chi connectivity index (χ4n) is 3.09. The summed E-state index contributed by atoms with van der Waals surface area (Å²) in [6, 6.07) is 9.37. The Kier molecular flexibility index (Phi) is 5.48. The molecule has 0 amide bonds. The molecule has 0 bridgehead atoms. The predicted octanol–water partition coefficient (Wildman–Crippen LogP) is 4.56. The van der Waals surface area contributed by atoms with E-state index in [1.54, 1.807) is 12.1 Å². The summed E-state index contributed by atoms with van der Waals surface area (Å²) < 4.78 is 25.8. The largest absolute Gasteiger partial charge is 0.388 e. The maximum atomic E-state index is 12.9. The lowest BCUT2D eigenvalue weighted by Gasteiger charge is -2.17. The van der Waals surface area contributed by atoms with Gasteiger partial charge in [0.1, 0.15) is 6.29 Å². The van der Waals surface area contributed by atoms with Gasteiger partial charge in [0.2, 0.25) is 6.43 Å². The molecule has 1 N–H and O–H groups in total. The normalized spacial score (nSPS) is 10.9. The molecule has 2 rings (SSSR count). The van der Waals surface area contributed by atoms with E-state index in [9.17, 15) is 13.6 Å². The SMILES string of the molecule is CNc1c(C)cc(-c2c(C)cccc2CC(F)F)cc1CC=O. The first-order chi connectivity index (χ1) is 11.0. The van der Waals surface area contributed by atoms with E-state index in [0.717, 1.165) is 39.8 Å². The highest BCUT2D eigenvalue weighted by Crippen LogP contribution is 2.33. The van der Waals surface area contributed by atoms with Crippen LogP contribution in [0.2, 0.25) is 0 Å². The van der Waals surface area contributed by atoms with Gasteiger partial charge < -0.3 is 10.1 Å². The van der Waals surface area contributed by atoms with Crippen molar-refractivity contribution in [3.8, 4) is 11.1 Å². The maximum Gasteiger partial charge on any atom is 0.242 e. The number of alkyl halides is 2. The molecule has 0 spiro atoms. The molecule has 0 saturated carbocycles. The lowest BCUT2D eigenvalue weighted by Crippen LogP contribution is -2.03. The average Bonchev–Trinajstić information content (AvgIpc) is 2.46. The Balaban J connectivity index is 2.64. The first-order valence-corrected chi connectivity index (χ1v) is 7.59. The van der Waals surface area contributed by atoms with Gasteiger partial charge in [-0.3, -0.25) is 0 Å². The Morgan fingerprint density at radius 1 is 1.13 bits per heavy atom. The zero-order chi connectivity index (χ0) is 17.0. The molecule has 0 aromatic heterocycles. The van der Waals surface area contributed by atoms with Gasteiger partial charge in [0, 0.05) is 25.6 Å². The van der Waals surface area contributed by atoms with Crippen molar-refractivity contribution in [2.24, 2.45) is 0 Å². The van der Waals surface area contributed by atoms with Crippen molar-refractivity contribution >= 4 is 12.0 Å². The summed E-state index contributed by atoms with van der Waals surface area (Å²) in [6.45, 7) is 3.87. The summed E-state index contributed by atoms with van der Waals surface area (Å²) in [5, 5.41) is 3.11. The van der Waals surface area contributed by atoms with Gasteiger partial charge in [-0.25, -0.2) is 8.78 Å². The molecule has 4 heteroatoms. The van der Waals surface area contributed by atoms with Gasteiger partial charge in [-0.15, -0.1) is 0 Å². The minimum atomic E-state index is -2.39. The third-order valence-electron chi connectivity index (χ3n) is 3.99. The van der Waals surface area contributed by atoms with E-state index in [1.807, 2.05) is 39.1 Å². The highest BCUT2D eigenvalue weighted by molar-refractivity contribution is 5.77. The van der Waals surface area contributed by atoms with Gasteiger partial charge >= 0.3 is 0 Å². The number of aldehydes is 1. The third-order valence-corrected chi connectivity index (χ3v) is 3.99. The molecule has 0 radical (unpaired) electrons. The van der Waals surface area contributed by atoms with E-state index >= 15 is 0 Å². The number of carbonyl (C=O) groups is 1. The van der Waals surface area contributed by atoms with Crippen LogP contribution in [0.25, 0.3) is 11.1 Å². The summed E-state index contributed by atoms with van der Waals surface area (Å²) in [7, 11) is 1.81. The molecule has 122 valence electrons. The van der Waals surface area contributed by atoms with Crippen molar-refractivity contribution < 1.29 is 13.6 Å². The Morgan fingerprint density at radius 3 is 2.48 bits per heavy atom. The zero-order valence-electron chi connectivity index (χ0n) is 13.6. The smallest absolute Gasteiger partial charge is 0.242 e. The number of hydrogen-bond acceptors (Lipinski definition) is 2. The molecule has 2 aromatic rings. The molecule has 0 aliphatic carbocycles. The molecule has 0 heterocycles. The van der Waals surface area contributed by atoms with Gasteiger partial charge in [0.15, 0.2) is 0 Å². The summed E-state index contributed by atoms with van der Waals surface area (Å²) in [5.41, 5.74) is 6.10. The van der Waals surface area contributed by atoms with Crippen molar-refractivity contribution in [1.82, 2.24) is 0 Å². The minimum absolute atomic E-state index is 0.271. The quantitative estimate of drug-likeness (QED) is 0.791. The molecule has 0 unspecified atom stereocenters. The second-order valence-electron chi connectivity index (χ2n) is 5.65. The fraction of sp³-hybridized carbons (Fsp3) is 0.316. The van der Waals surface area contributed by atoms with Gasteiger partial charge in [0.05, 0.1) is 0 Å². The van der Waals surface area contributed by atoms with Crippen LogP contribution in [-0.4, -0.2) is 19.8 Å². The van der Waals surface area contributed by atoms with Crippen LogP contribution in [0.1, 0.15) is 22.3 Å². The van der Waals surface area contributed by atoms with Crippen molar-refractivity contribution in [1.29, 1.82) is 0 Å². The minimum Gasteiger partial charge on any atom is -0.388 e. The lowest BCUT2D eigenvalue weighted by atomic mass is 9.90. The van der Waals surface area contributed by atoms with Crippen LogP contribution in [0.5, 0.6) is 0 Å². The third kappa shape index (κ3) is 3.76. The first-order valence-electron chi connectivity index (χ1n) is 7.59. The summed E-state index contributed by atoms with van der Waals surface area (Å²) >= 11 is 0. The average molecular weight is 317 g/mol. The zero-order valence-corrected chi connectivity index (χ0v) is 13.6. The van der Waals surface area contributed by atoms with Crippen LogP contribution >= 0.6 is 0 Å². The van der Waals surface area contributed by atoms with Crippen LogP contribution in [0, 0.1) is 13.8 Å². The van der Waals surface area contributed by atoms with Crippen LogP contribution in [0.3, 0.4) is 0 Å². The summed E-state index contributed by atoms with van der Waals surface area (Å²) in [4.78, 5) is 11.0. The van der Waals surface area contributed by atoms with Crippen molar-refractivity contribution in [3.05, 3.63) is 52.6 Å². The molecule has 2 nitrogen and oxygen atoms in total. The van der Waals surface area contributed by atoms with Gasteiger partial charge in [-0.2, -0.15) is 0 Å². The Morgan fingerprint density at radius 2 is 1.87 bits per heavy atom. The standard InChI is InChI=1S/C19H21F2NO/c1-12-5-4-6-14(11-17(20)21)18(12)16-9-13(2)19(22-3)15(10-16)7-8-23/h4-6,8-10,17,22H,7,11H2,1-3H3. The maximum absolute atomic E-state index is 12.9. The first kappa shape index (κ1) is 17.1. The molecule has 0 saturated heterocycles. The Labute approximate surface area is 135 Å². The highest BCUT2D eigenvalue weighted by atomic mass is 19.3. The highest BCUT2D eigenvalue weighted by Gasteiger charge is 2.15. The Bertz CT molecular complexity index is 711. The number of nitrogens with one attached hydrogen (secondary N) is 1. The van der Waals surface area contributed by atoms with Crippen LogP contribution in [0.4, 0.5) is 14.5 Å². The molecule has 0 fully saturated rings. The molecule has 0 atom stereocenters. The Hall–Kier alpha value is -2.23. The molecule has 23 heavy (non-hydrogen) atoms. The van der Waals surface area contributed by atoms with Crippen molar-refractivity contribution in [3.63, 3.8) is 0 Å². The number of hydrogen-bond donors (Lipinski definition) is 1. The van der Waals surface area contributed by atoms with Gasteiger partial charge in [-0.1, -0.05) is 18.2 Å². The number of anilines is 1. The van der Waals surface area contributed by atoms with E-state index < -0.39 is 6.43 Å². The fourth-order valence-corrected chi connectivity index (χ4v) is 3.09. The van der Waals surface area contributed by atoms with Crippen LogP contribution in [0.15, 0.2) is 30.3 Å². The van der Waals surface area contributed by atoms with Crippen molar-refractivity contribution in [2.45, 2.75) is 33.1 Å². The monoisotopic (exact) mass is 317 g/mol. The van der Waals surface area contributed by atoms with E-state index in [0.29, 0.717) is 12.0 Å². The second kappa shape index (κ2) is 7.36. The number of carbonyl (C=O) groups excluding carboxylic acids is 1. The number of halogens is 2. The summed E-state index contributed by atoms with van der Waals surface area (Å²) in [5.74, 6) is 0. The second-order valence-corrected chi connectivity index (χ2v) is 5.65. The predicted molar refractivity (Wildman–Crippen MR) is 90.4 cm³/mol. The number of benzene rings is 2. The lowest BCUT2D eigenvalue weighted by molar-refractivity contribution is -0.107. The van der Waals surface area contributed by atoms with E-state index in [4.69, 9.17) is 0 Å². The van der Waals surface area contributed by atoms with Crippen molar-refractivity contribution in [2.75, 3.05) is 12.4 Å². The number of aryl methyl sites for hydroxylation is 2. The molecule has 2 aromatic carbocycles. The van der Waals surface area contributed by atoms with E-state index in [1.165, 1.54) is 0 Å². The molecule has 0 aliphatic rings. The van der Waals surface area contributed by atoms with Gasteiger partial charge in [0.25, 0.3) is 0 Å². The van der Waals surface area contributed by atoms with Crippen LogP contribution in [-0.2, 0) is 17.6 Å². The summed E-state index contributed by atoms with van der Waals surface area (Å²) in [6.07, 6.45) is -1.51. The molecular weight excluding hydrogens is 296 g/mol. The van der Waals surface area contributed by atoms with Gasteiger partial charge in [-0.05, 0) is 59.4 Å². The molecular formula is C19H21F2NO. The van der Waals surface area contributed by atoms with Crippen LogP contribution < -0.4 is 5.32 Å². The number of rotatable bonds is 6. The topological polar surface area (TPSA) is 29.1 Å².